The Labute approximate surface area is 247 Å². The molecule has 0 bridgehead atoms. The topological polar surface area (TPSA) is 132 Å². The Morgan fingerprint density at radius 1 is 1.05 bits per heavy atom. The van der Waals surface area contributed by atoms with Gasteiger partial charge in [-0.1, -0.05) is 74.0 Å². The number of nitrogens with one attached hydrogen (secondary N) is 2. The van der Waals surface area contributed by atoms with Gasteiger partial charge in [0.2, 0.25) is 11.8 Å². The third-order valence-electron chi connectivity index (χ3n) is 7.61. The molecule has 2 aromatic carbocycles. The quantitative estimate of drug-likeness (QED) is 0.304. The Balaban J connectivity index is 1.49. The standard InChI is InChI=1S/C32H42N6O4/c1-4-23-15-17-37(18-16-23)30(40)28(25-13-9-6-10-14-25)38-19-27(34-22-38)36-29(39)26(35-31(41)32(2,3)33)21-42-20-24-11-7-5-8-12-24/h5-14,19,22-23,26,28H,4,15-18,20-21,33H2,1-3H3,(H,35,41)(H,36,39)/t26-,28?/m1/s1. The van der Waals surface area contributed by atoms with Crippen LogP contribution < -0.4 is 16.4 Å². The minimum atomic E-state index is -1.19. The van der Waals surface area contributed by atoms with E-state index in [0.29, 0.717) is 5.92 Å². The number of hydrogen-bond donors (Lipinski definition) is 3. The van der Waals surface area contributed by atoms with Crippen molar-refractivity contribution in [2.45, 2.75) is 64.3 Å². The summed E-state index contributed by atoms with van der Waals surface area (Å²) < 4.78 is 7.50. The van der Waals surface area contributed by atoms with Gasteiger partial charge in [0, 0.05) is 19.3 Å². The van der Waals surface area contributed by atoms with Gasteiger partial charge < -0.3 is 30.6 Å². The van der Waals surface area contributed by atoms with Crippen molar-refractivity contribution >= 4 is 23.5 Å². The second-order valence-electron chi connectivity index (χ2n) is 11.4. The lowest BCUT2D eigenvalue weighted by molar-refractivity contribution is -0.135. The molecule has 1 aliphatic rings. The highest BCUT2D eigenvalue weighted by Crippen LogP contribution is 2.27. The molecule has 0 saturated carbocycles. The Hall–Kier alpha value is -4.02. The van der Waals surface area contributed by atoms with E-state index in [1.54, 1.807) is 30.9 Å². The number of aromatic nitrogens is 2. The maximum absolute atomic E-state index is 13.8. The molecule has 1 unspecified atom stereocenters. The lowest BCUT2D eigenvalue weighted by Gasteiger charge is -2.34. The average Bonchev–Trinajstić information content (AvgIpc) is 3.44. The zero-order valence-electron chi connectivity index (χ0n) is 24.7. The number of carbonyl (C=O) groups is 3. The van der Waals surface area contributed by atoms with Crippen LogP contribution in [-0.4, -0.2) is 63.4 Å². The molecule has 2 atom stereocenters. The maximum Gasteiger partial charge on any atom is 0.250 e. The first-order valence-corrected chi connectivity index (χ1v) is 14.5. The molecular weight excluding hydrogens is 532 g/mol. The summed E-state index contributed by atoms with van der Waals surface area (Å²) in [7, 11) is 0. The first-order valence-electron chi connectivity index (χ1n) is 14.5. The number of amides is 3. The first-order chi connectivity index (χ1) is 20.2. The third-order valence-corrected chi connectivity index (χ3v) is 7.61. The van der Waals surface area contributed by atoms with Crippen molar-refractivity contribution in [2.75, 3.05) is 25.0 Å². The number of imidazole rings is 1. The summed E-state index contributed by atoms with van der Waals surface area (Å²) in [6.07, 6.45) is 6.30. The highest BCUT2D eigenvalue weighted by atomic mass is 16.5. The average molecular weight is 575 g/mol. The Kier molecular flexibility index (Phi) is 10.5. The molecule has 1 fully saturated rings. The summed E-state index contributed by atoms with van der Waals surface area (Å²) in [5, 5.41) is 5.47. The minimum absolute atomic E-state index is 0.00402. The van der Waals surface area contributed by atoms with Gasteiger partial charge in [0.25, 0.3) is 5.91 Å². The number of benzene rings is 2. The van der Waals surface area contributed by atoms with Gasteiger partial charge >= 0.3 is 0 Å². The number of nitrogens with zero attached hydrogens (tertiary/aromatic N) is 3. The van der Waals surface area contributed by atoms with Crippen molar-refractivity contribution in [3.63, 3.8) is 0 Å². The summed E-state index contributed by atoms with van der Waals surface area (Å²) in [4.78, 5) is 46.1. The van der Waals surface area contributed by atoms with Crippen LogP contribution in [0.5, 0.6) is 0 Å². The molecule has 1 saturated heterocycles. The zero-order chi connectivity index (χ0) is 30.1. The van der Waals surface area contributed by atoms with E-state index in [4.69, 9.17) is 10.5 Å². The van der Waals surface area contributed by atoms with Crippen molar-refractivity contribution in [3.8, 4) is 0 Å². The second-order valence-corrected chi connectivity index (χ2v) is 11.4. The number of anilines is 1. The van der Waals surface area contributed by atoms with Crippen LogP contribution in [0.2, 0.25) is 0 Å². The molecule has 4 rings (SSSR count). The Bertz CT molecular complexity index is 1310. The normalized spacial score (nSPS) is 15.6. The van der Waals surface area contributed by atoms with Crippen molar-refractivity contribution in [1.29, 1.82) is 0 Å². The van der Waals surface area contributed by atoms with E-state index in [1.165, 1.54) is 0 Å². The van der Waals surface area contributed by atoms with Crippen LogP contribution in [0.3, 0.4) is 0 Å². The first kappa shape index (κ1) is 30.9. The number of likely N-dealkylation sites (tertiary alicyclic amines) is 1. The molecule has 4 N–H and O–H groups in total. The van der Waals surface area contributed by atoms with Gasteiger partial charge in [0.1, 0.15) is 12.1 Å². The molecule has 1 aliphatic heterocycles. The minimum Gasteiger partial charge on any atom is -0.374 e. The van der Waals surface area contributed by atoms with Crippen LogP contribution in [0.4, 0.5) is 5.82 Å². The molecule has 0 aliphatic carbocycles. The summed E-state index contributed by atoms with van der Waals surface area (Å²) >= 11 is 0. The smallest absolute Gasteiger partial charge is 0.250 e. The monoisotopic (exact) mass is 574 g/mol. The van der Waals surface area contributed by atoms with Crippen LogP contribution in [0, 0.1) is 5.92 Å². The molecule has 3 aromatic rings. The van der Waals surface area contributed by atoms with Crippen LogP contribution in [0.1, 0.15) is 57.2 Å². The fourth-order valence-corrected chi connectivity index (χ4v) is 4.96. The van der Waals surface area contributed by atoms with Crippen LogP contribution >= 0.6 is 0 Å². The van der Waals surface area contributed by atoms with E-state index in [9.17, 15) is 14.4 Å². The van der Waals surface area contributed by atoms with Crippen molar-refractivity contribution in [3.05, 3.63) is 84.3 Å². The summed E-state index contributed by atoms with van der Waals surface area (Å²) in [5.41, 5.74) is 6.55. The van der Waals surface area contributed by atoms with E-state index in [0.717, 1.165) is 43.5 Å². The number of rotatable bonds is 12. The van der Waals surface area contributed by atoms with Crippen molar-refractivity contribution in [2.24, 2.45) is 11.7 Å². The van der Waals surface area contributed by atoms with Crippen molar-refractivity contribution in [1.82, 2.24) is 19.8 Å². The number of ether oxygens (including phenoxy) is 1. The van der Waals surface area contributed by atoms with Crippen LogP contribution in [-0.2, 0) is 25.7 Å². The lowest BCUT2D eigenvalue weighted by Crippen LogP contribution is -2.56. The molecule has 224 valence electrons. The Morgan fingerprint density at radius 3 is 2.31 bits per heavy atom. The van der Waals surface area contributed by atoms with Crippen molar-refractivity contribution < 1.29 is 19.1 Å². The second kappa shape index (κ2) is 14.2. The van der Waals surface area contributed by atoms with Gasteiger partial charge in [0.15, 0.2) is 5.82 Å². The summed E-state index contributed by atoms with van der Waals surface area (Å²) in [6.45, 7) is 6.98. The Morgan fingerprint density at radius 2 is 1.69 bits per heavy atom. The van der Waals surface area contributed by atoms with Gasteiger partial charge in [-0.05, 0) is 43.7 Å². The van der Waals surface area contributed by atoms with Crippen LogP contribution in [0.25, 0.3) is 0 Å². The molecule has 0 radical (unpaired) electrons. The van der Waals surface area contributed by atoms with E-state index < -0.39 is 29.4 Å². The number of hydrogen-bond acceptors (Lipinski definition) is 6. The zero-order valence-corrected chi connectivity index (χ0v) is 24.7. The van der Waals surface area contributed by atoms with E-state index in [1.807, 2.05) is 65.6 Å². The summed E-state index contributed by atoms with van der Waals surface area (Å²) in [6, 6.07) is 17.5. The fraction of sp³-hybridized carbons (Fsp3) is 0.438. The van der Waals surface area contributed by atoms with Gasteiger partial charge in [-0.15, -0.1) is 0 Å². The van der Waals surface area contributed by atoms with Gasteiger partial charge in [-0.2, -0.15) is 0 Å². The van der Waals surface area contributed by atoms with Gasteiger partial charge in [-0.3, -0.25) is 14.4 Å². The number of nitrogens with two attached hydrogens (primary N) is 1. The number of piperidine rings is 1. The summed E-state index contributed by atoms with van der Waals surface area (Å²) in [5.74, 6) is -0.0918. The fourth-order valence-electron chi connectivity index (χ4n) is 4.96. The molecule has 3 amide bonds. The van der Waals surface area contributed by atoms with Gasteiger partial charge in [-0.25, -0.2) is 4.98 Å². The highest BCUT2D eigenvalue weighted by molar-refractivity contribution is 5.98. The molecular formula is C32H42N6O4. The molecule has 42 heavy (non-hydrogen) atoms. The highest BCUT2D eigenvalue weighted by Gasteiger charge is 2.32. The largest absolute Gasteiger partial charge is 0.374 e. The number of carbonyl (C=O) groups excluding carboxylic acids is 3. The lowest BCUT2D eigenvalue weighted by atomic mass is 9.93. The molecule has 1 aromatic heterocycles. The van der Waals surface area contributed by atoms with Crippen LogP contribution in [0.15, 0.2) is 73.2 Å². The van der Waals surface area contributed by atoms with E-state index in [-0.39, 0.29) is 24.9 Å². The predicted octanol–water partition coefficient (Wildman–Crippen LogP) is 3.50. The SMILES string of the molecule is CCC1CCN(C(=O)C(c2ccccc2)n2cnc(NC(=O)[C@@H](COCc3ccccc3)NC(=O)C(C)(C)N)c2)CC1. The predicted molar refractivity (Wildman–Crippen MR) is 161 cm³/mol. The van der Waals surface area contributed by atoms with E-state index >= 15 is 0 Å². The molecule has 2 heterocycles. The molecule has 0 spiro atoms. The molecule has 10 nitrogen and oxygen atoms in total. The third kappa shape index (κ3) is 8.27. The maximum atomic E-state index is 13.8. The van der Waals surface area contributed by atoms with E-state index in [2.05, 4.69) is 22.5 Å². The molecule has 10 heteroatoms. The van der Waals surface area contributed by atoms with Gasteiger partial charge in [0.05, 0.1) is 25.1 Å².